The first-order chi connectivity index (χ1) is 12.6. The van der Waals surface area contributed by atoms with Crippen molar-refractivity contribution < 1.29 is 8.42 Å². The quantitative estimate of drug-likeness (QED) is 0.667. The van der Waals surface area contributed by atoms with E-state index in [2.05, 4.69) is 15.5 Å². The normalized spacial score (nSPS) is 14.3. The van der Waals surface area contributed by atoms with Gasteiger partial charge in [-0.05, 0) is 60.0 Å². The molecule has 1 aliphatic carbocycles. The number of hydrogen-bond donors (Lipinski definition) is 0. The molecule has 0 saturated heterocycles. The number of nitrogens with zero attached hydrogens (tertiary/aromatic N) is 5. The number of para-hydroxylation sites is 1. The summed E-state index contributed by atoms with van der Waals surface area (Å²) in [4.78, 5) is 0.256. The van der Waals surface area contributed by atoms with E-state index in [1.165, 1.54) is 4.31 Å². The van der Waals surface area contributed by atoms with Crippen molar-refractivity contribution in [2.75, 3.05) is 4.31 Å². The van der Waals surface area contributed by atoms with Crippen LogP contribution in [0.5, 0.6) is 0 Å². The Bertz CT molecular complexity index is 1010. The molecule has 0 bridgehead atoms. The van der Waals surface area contributed by atoms with Crippen molar-refractivity contribution in [3.05, 3.63) is 66.0 Å². The molecular formula is C18H19N5O2S. The van der Waals surface area contributed by atoms with Crippen LogP contribution in [0.25, 0.3) is 0 Å². The molecule has 1 fully saturated rings. The lowest BCUT2D eigenvalue weighted by atomic mass is 10.2. The van der Waals surface area contributed by atoms with Gasteiger partial charge in [-0.2, -0.15) is 0 Å². The molecule has 1 heterocycles. The summed E-state index contributed by atoms with van der Waals surface area (Å²) < 4.78 is 29.8. The molecule has 1 saturated carbocycles. The molecular weight excluding hydrogens is 350 g/mol. The summed E-state index contributed by atoms with van der Waals surface area (Å²) in [7, 11) is -3.75. The molecule has 0 unspecified atom stereocenters. The Morgan fingerprint density at radius 3 is 2.58 bits per heavy atom. The number of rotatable bonds is 6. The van der Waals surface area contributed by atoms with Gasteiger partial charge in [0.25, 0.3) is 10.0 Å². The third-order valence-electron chi connectivity index (χ3n) is 4.36. The summed E-state index contributed by atoms with van der Waals surface area (Å²) >= 11 is 0. The predicted molar refractivity (Wildman–Crippen MR) is 97.1 cm³/mol. The summed E-state index contributed by atoms with van der Waals surface area (Å²) in [6.45, 7) is 1.96. The molecule has 2 aromatic carbocycles. The fraction of sp³-hybridized carbons (Fsp3) is 0.278. The van der Waals surface area contributed by atoms with E-state index in [1.807, 2.05) is 31.2 Å². The maximum absolute atomic E-state index is 13.4. The van der Waals surface area contributed by atoms with E-state index < -0.39 is 10.0 Å². The van der Waals surface area contributed by atoms with Gasteiger partial charge in [-0.1, -0.05) is 30.3 Å². The summed E-state index contributed by atoms with van der Waals surface area (Å²) in [5, 5.41) is 11.8. The third kappa shape index (κ3) is 3.20. The van der Waals surface area contributed by atoms with Gasteiger partial charge in [0.05, 0.1) is 23.2 Å². The zero-order valence-electron chi connectivity index (χ0n) is 14.4. The van der Waals surface area contributed by atoms with E-state index in [4.69, 9.17) is 0 Å². The van der Waals surface area contributed by atoms with Crippen molar-refractivity contribution in [1.82, 2.24) is 20.2 Å². The fourth-order valence-corrected chi connectivity index (χ4v) is 4.38. The van der Waals surface area contributed by atoms with E-state index in [9.17, 15) is 8.42 Å². The summed E-state index contributed by atoms with van der Waals surface area (Å²) in [5.41, 5.74) is 1.47. The molecule has 0 atom stereocenters. The topological polar surface area (TPSA) is 81.0 Å². The monoisotopic (exact) mass is 369 g/mol. The number of hydrogen-bond acceptors (Lipinski definition) is 5. The van der Waals surface area contributed by atoms with Crippen molar-refractivity contribution in [3.8, 4) is 0 Å². The first-order valence-corrected chi connectivity index (χ1v) is 9.91. The van der Waals surface area contributed by atoms with Crippen LogP contribution in [-0.2, 0) is 16.6 Å². The Labute approximate surface area is 152 Å². The highest BCUT2D eigenvalue weighted by Crippen LogP contribution is 2.35. The van der Waals surface area contributed by atoms with Crippen LogP contribution in [0.15, 0.2) is 59.5 Å². The Hall–Kier alpha value is -2.74. The van der Waals surface area contributed by atoms with Crippen molar-refractivity contribution in [1.29, 1.82) is 0 Å². The second kappa shape index (κ2) is 6.53. The number of anilines is 1. The first-order valence-electron chi connectivity index (χ1n) is 8.47. The molecule has 0 spiro atoms. The Morgan fingerprint density at radius 1 is 1.12 bits per heavy atom. The van der Waals surface area contributed by atoms with Crippen LogP contribution >= 0.6 is 0 Å². The highest BCUT2D eigenvalue weighted by molar-refractivity contribution is 7.92. The predicted octanol–water partition coefficient (Wildman–Crippen LogP) is 2.71. The van der Waals surface area contributed by atoms with Gasteiger partial charge in [0.2, 0.25) is 0 Å². The molecule has 4 rings (SSSR count). The highest BCUT2D eigenvalue weighted by Gasteiger charge is 2.31. The molecule has 0 N–H and O–H groups in total. The molecule has 3 aromatic rings. The minimum absolute atomic E-state index is 0.0871. The third-order valence-corrected chi connectivity index (χ3v) is 6.13. The zero-order chi connectivity index (χ0) is 18.1. The number of aromatic nitrogens is 4. The van der Waals surface area contributed by atoms with E-state index in [0.29, 0.717) is 11.5 Å². The molecule has 0 radical (unpaired) electrons. The standard InChI is InChI=1S/C18H19N5O2S/c1-14-6-5-9-17(12-14)26(24,25)22(15-7-3-2-4-8-15)13-18-19-20-21-23(18)16-10-11-16/h2-9,12,16H,10-11,13H2,1H3. The first kappa shape index (κ1) is 16.7. The van der Waals surface area contributed by atoms with Crippen molar-refractivity contribution in [2.24, 2.45) is 0 Å². The Balaban J connectivity index is 1.77. The molecule has 0 aliphatic heterocycles. The molecule has 134 valence electrons. The van der Waals surface area contributed by atoms with E-state index in [-0.39, 0.29) is 17.5 Å². The van der Waals surface area contributed by atoms with Crippen LogP contribution < -0.4 is 4.31 Å². The summed E-state index contributed by atoms with van der Waals surface area (Å²) in [6.07, 6.45) is 2.04. The molecule has 1 aliphatic rings. The average Bonchev–Trinajstić information content (AvgIpc) is 3.38. The summed E-state index contributed by atoms with van der Waals surface area (Å²) in [5.74, 6) is 0.549. The SMILES string of the molecule is Cc1cccc(S(=O)(=O)N(Cc2nnnn2C2CC2)c2ccccc2)c1. The van der Waals surface area contributed by atoms with Crippen LogP contribution in [0.4, 0.5) is 5.69 Å². The number of sulfonamides is 1. The largest absolute Gasteiger partial charge is 0.264 e. The van der Waals surface area contributed by atoms with Crippen molar-refractivity contribution >= 4 is 15.7 Å². The van der Waals surface area contributed by atoms with Gasteiger partial charge in [-0.25, -0.2) is 13.1 Å². The van der Waals surface area contributed by atoms with Crippen molar-refractivity contribution in [2.45, 2.75) is 37.2 Å². The Kier molecular flexibility index (Phi) is 4.20. The van der Waals surface area contributed by atoms with Gasteiger partial charge in [0.15, 0.2) is 5.82 Å². The van der Waals surface area contributed by atoms with Gasteiger partial charge >= 0.3 is 0 Å². The second-order valence-corrected chi connectivity index (χ2v) is 8.30. The van der Waals surface area contributed by atoms with Crippen LogP contribution in [0.2, 0.25) is 0 Å². The van der Waals surface area contributed by atoms with Gasteiger partial charge in [0.1, 0.15) is 0 Å². The number of benzene rings is 2. The Morgan fingerprint density at radius 2 is 1.88 bits per heavy atom. The van der Waals surface area contributed by atoms with Crippen LogP contribution in [0.3, 0.4) is 0 Å². The number of tetrazole rings is 1. The lowest BCUT2D eigenvalue weighted by molar-refractivity contribution is 0.570. The molecule has 1 aromatic heterocycles. The minimum atomic E-state index is -3.75. The fourth-order valence-electron chi connectivity index (χ4n) is 2.86. The smallest absolute Gasteiger partial charge is 0.259 e. The van der Waals surface area contributed by atoms with E-state index in [1.54, 1.807) is 35.0 Å². The molecule has 26 heavy (non-hydrogen) atoms. The van der Waals surface area contributed by atoms with Gasteiger partial charge in [-0.3, -0.25) is 4.31 Å². The van der Waals surface area contributed by atoms with Gasteiger partial charge in [-0.15, -0.1) is 5.10 Å². The zero-order valence-corrected chi connectivity index (χ0v) is 15.2. The number of aryl methyl sites for hydroxylation is 1. The average molecular weight is 369 g/mol. The maximum Gasteiger partial charge on any atom is 0.264 e. The minimum Gasteiger partial charge on any atom is -0.259 e. The maximum atomic E-state index is 13.4. The lowest BCUT2D eigenvalue weighted by Crippen LogP contribution is -2.32. The van der Waals surface area contributed by atoms with Gasteiger partial charge < -0.3 is 0 Å². The van der Waals surface area contributed by atoms with Crippen LogP contribution in [-0.4, -0.2) is 28.6 Å². The van der Waals surface area contributed by atoms with Gasteiger partial charge in [0, 0.05) is 0 Å². The van der Waals surface area contributed by atoms with Crippen LogP contribution in [0.1, 0.15) is 30.3 Å². The summed E-state index contributed by atoms with van der Waals surface area (Å²) in [6, 6.07) is 16.2. The second-order valence-electron chi connectivity index (χ2n) is 6.43. The van der Waals surface area contributed by atoms with Crippen molar-refractivity contribution in [3.63, 3.8) is 0 Å². The molecule has 8 heteroatoms. The lowest BCUT2D eigenvalue weighted by Gasteiger charge is -2.24. The van der Waals surface area contributed by atoms with E-state index in [0.717, 1.165) is 18.4 Å². The molecule has 0 amide bonds. The molecule has 7 nitrogen and oxygen atoms in total. The van der Waals surface area contributed by atoms with Crippen LogP contribution in [0, 0.1) is 6.92 Å². The highest BCUT2D eigenvalue weighted by atomic mass is 32.2. The van der Waals surface area contributed by atoms with E-state index >= 15 is 0 Å².